The maximum absolute atomic E-state index is 11.8. The molecular formula is C13H18N2O4. The van der Waals surface area contributed by atoms with Gasteiger partial charge in [-0.1, -0.05) is 0 Å². The molecule has 6 nitrogen and oxygen atoms in total. The summed E-state index contributed by atoms with van der Waals surface area (Å²) in [5, 5.41) is 12.3. The summed E-state index contributed by atoms with van der Waals surface area (Å²) in [6.45, 7) is 0.419. The molecule has 0 saturated heterocycles. The monoisotopic (exact) mass is 266 g/mol. The Morgan fingerprint density at radius 3 is 2.74 bits per heavy atom. The molecule has 0 saturated carbocycles. The normalized spacial score (nSPS) is 9.95. The third kappa shape index (κ3) is 4.87. The molecule has 0 bridgehead atoms. The molecule has 0 heterocycles. The van der Waals surface area contributed by atoms with Crippen molar-refractivity contribution >= 4 is 11.8 Å². The zero-order chi connectivity index (χ0) is 14.3. The Bertz CT molecular complexity index is 460. The van der Waals surface area contributed by atoms with Crippen LogP contribution in [0, 0.1) is 0 Å². The van der Waals surface area contributed by atoms with Crippen molar-refractivity contribution in [3.63, 3.8) is 0 Å². The number of primary amides is 1. The van der Waals surface area contributed by atoms with Gasteiger partial charge in [0.15, 0.2) is 0 Å². The lowest BCUT2D eigenvalue weighted by atomic mass is 10.1. The molecule has 0 spiro atoms. The molecule has 0 aliphatic carbocycles. The van der Waals surface area contributed by atoms with Crippen molar-refractivity contribution in [2.45, 2.75) is 19.3 Å². The van der Waals surface area contributed by atoms with Gasteiger partial charge in [-0.3, -0.25) is 9.59 Å². The summed E-state index contributed by atoms with van der Waals surface area (Å²) < 4.78 is 4.99. The number of hydrogen-bond donors (Lipinski definition) is 3. The van der Waals surface area contributed by atoms with Gasteiger partial charge in [0.05, 0.1) is 12.7 Å². The van der Waals surface area contributed by atoms with Gasteiger partial charge in [0.1, 0.15) is 11.5 Å². The molecule has 6 heteroatoms. The smallest absolute Gasteiger partial charge is 0.255 e. The fraction of sp³-hybridized carbons (Fsp3) is 0.385. The maximum atomic E-state index is 11.8. The largest absolute Gasteiger partial charge is 0.507 e. The molecule has 0 radical (unpaired) electrons. The van der Waals surface area contributed by atoms with E-state index in [1.807, 2.05) is 0 Å². The van der Waals surface area contributed by atoms with Crippen molar-refractivity contribution in [1.29, 1.82) is 0 Å². The number of carbonyl (C=O) groups excluding carboxylic acids is 2. The summed E-state index contributed by atoms with van der Waals surface area (Å²) in [5.41, 5.74) is 5.17. The molecule has 0 aliphatic rings. The topological polar surface area (TPSA) is 102 Å². The van der Waals surface area contributed by atoms with Gasteiger partial charge < -0.3 is 20.9 Å². The highest BCUT2D eigenvalue weighted by molar-refractivity contribution is 5.97. The Morgan fingerprint density at radius 1 is 1.37 bits per heavy atom. The number of nitrogens with two attached hydrogens (primary N) is 1. The first-order chi connectivity index (χ1) is 9.04. The van der Waals surface area contributed by atoms with Gasteiger partial charge in [-0.15, -0.1) is 0 Å². The number of phenols is 1. The molecule has 4 N–H and O–H groups in total. The van der Waals surface area contributed by atoms with Crippen molar-refractivity contribution in [2.75, 3.05) is 13.7 Å². The van der Waals surface area contributed by atoms with Gasteiger partial charge in [-0.05, 0) is 31.0 Å². The van der Waals surface area contributed by atoms with Crippen molar-refractivity contribution in [3.8, 4) is 11.5 Å². The van der Waals surface area contributed by atoms with E-state index in [9.17, 15) is 14.7 Å². The summed E-state index contributed by atoms with van der Waals surface area (Å²) in [7, 11) is 1.48. The fourth-order valence-electron chi connectivity index (χ4n) is 1.55. The van der Waals surface area contributed by atoms with Gasteiger partial charge in [-0.25, -0.2) is 0 Å². The molecule has 2 amide bonds. The number of ether oxygens (including phenoxy) is 1. The van der Waals surface area contributed by atoms with Crippen LogP contribution in [0.3, 0.4) is 0 Å². The highest BCUT2D eigenvalue weighted by Crippen LogP contribution is 2.22. The summed E-state index contributed by atoms with van der Waals surface area (Å²) in [6, 6.07) is 4.44. The van der Waals surface area contributed by atoms with Crippen molar-refractivity contribution in [1.82, 2.24) is 5.32 Å². The van der Waals surface area contributed by atoms with Crippen LogP contribution in [0.15, 0.2) is 18.2 Å². The average Bonchev–Trinajstić information content (AvgIpc) is 2.38. The highest BCUT2D eigenvalue weighted by Gasteiger charge is 2.11. The third-order valence-corrected chi connectivity index (χ3v) is 2.58. The van der Waals surface area contributed by atoms with Crippen LogP contribution in [0.2, 0.25) is 0 Å². The number of amides is 2. The number of aromatic hydroxyl groups is 1. The zero-order valence-electron chi connectivity index (χ0n) is 10.8. The lowest BCUT2D eigenvalue weighted by Gasteiger charge is -2.08. The average molecular weight is 266 g/mol. The standard InChI is InChI=1S/C13H18N2O4/c1-19-9-5-6-11(16)10(8-9)13(18)15-7-3-2-4-12(14)17/h5-6,8,16H,2-4,7H2,1H3,(H2,14,17)(H,15,18). The number of rotatable bonds is 7. The number of nitrogens with one attached hydrogen (secondary N) is 1. The second-order valence-electron chi connectivity index (χ2n) is 4.06. The molecule has 0 unspecified atom stereocenters. The van der Waals surface area contributed by atoms with E-state index in [1.54, 1.807) is 6.07 Å². The van der Waals surface area contributed by atoms with E-state index in [2.05, 4.69) is 5.32 Å². The van der Waals surface area contributed by atoms with Gasteiger partial charge in [0.2, 0.25) is 5.91 Å². The Hall–Kier alpha value is -2.24. The minimum absolute atomic E-state index is 0.101. The minimum atomic E-state index is -0.379. The Labute approximate surface area is 111 Å². The number of phenolic OH excluding ortho intramolecular Hbond substituents is 1. The maximum Gasteiger partial charge on any atom is 0.255 e. The van der Waals surface area contributed by atoms with Crippen molar-refractivity contribution in [3.05, 3.63) is 23.8 Å². The molecule has 1 aromatic carbocycles. The van der Waals surface area contributed by atoms with E-state index in [0.29, 0.717) is 31.6 Å². The molecule has 0 aromatic heterocycles. The molecule has 104 valence electrons. The van der Waals surface area contributed by atoms with Crippen LogP contribution < -0.4 is 15.8 Å². The van der Waals surface area contributed by atoms with Gasteiger partial charge in [-0.2, -0.15) is 0 Å². The van der Waals surface area contributed by atoms with Gasteiger partial charge in [0, 0.05) is 13.0 Å². The molecule has 0 atom stereocenters. The van der Waals surface area contributed by atoms with E-state index < -0.39 is 0 Å². The van der Waals surface area contributed by atoms with Crippen LogP contribution in [0.25, 0.3) is 0 Å². The lowest BCUT2D eigenvalue weighted by Crippen LogP contribution is -2.24. The number of hydrogen-bond acceptors (Lipinski definition) is 4. The van der Waals surface area contributed by atoms with Crippen LogP contribution in [0.5, 0.6) is 11.5 Å². The van der Waals surface area contributed by atoms with E-state index in [4.69, 9.17) is 10.5 Å². The van der Waals surface area contributed by atoms with E-state index >= 15 is 0 Å². The van der Waals surface area contributed by atoms with E-state index in [-0.39, 0.29) is 23.1 Å². The molecule has 0 aliphatic heterocycles. The second kappa shape index (κ2) is 7.25. The van der Waals surface area contributed by atoms with Crippen LogP contribution >= 0.6 is 0 Å². The predicted molar refractivity (Wildman–Crippen MR) is 70.0 cm³/mol. The number of unbranched alkanes of at least 4 members (excludes halogenated alkanes) is 1. The van der Waals surface area contributed by atoms with Gasteiger partial charge in [0.25, 0.3) is 5.91 Å². The first-order valence-electron chi connectivity index (χ1n) is 5.98. The summed E-state index contributed by atoms with van der Waals surface area (Å²) in [4.78, 5) is 22.3. The quantitative estimate of drug-likeness (QED) is 0.635. The Kier molecular flexibility index (Phi) is 5.66. The lowest BCUT2D eigenvalue weighted by molar-refractivity contribution is -0.118. The van der Waals surface area contributed by atoms with Crippen LogP contribution in [0.1, 0.15) is 29.6 Å². The van der Waals surface area contributed by atoms with Crippen molar-refractivity contribution in [2.24, 2.45) is 5.73 Å². The molecule has 1 rings (SSSR count). The fourth-order valence-corrected chi connectivity index (χ4v) is 1.55. The van der Waals surface area contributed by atoms with Crippen molar-refractivity contribution < 1.29 is 19.4 Å². The first-order valence-corrected chi connectivity index (χ1v) is 5.98. The van der Waals surface area contributed by atoms with Gasteiger partial charge >= 0.3 is 0 Å². The summed E-state index contributed by atoms with van der Waals surface area (Å²) in [5.74, 6) is -0.334. The van der Waals surface area contributed by atoms with E-state index in [0.717, 1.165) is 0 Å². The van der Waals surface area contributed by atoms with Crippen LogP contribution in [-0.4, -0.2) is 30.6 Å². The number of benzene rings is 1. The zero-order valence-corrected chi connectivity index (χ0v) is 10.8. The third-order valence-electron chi connectivity index (χ3n) is 2.58. The predicted octanol–water partition coefficient (Wildman–Crippen LogP) is 0.786. The number of carbonyl (C=O) groups is 2. The van der Waals surface area contributed by atoms with E-state index in [1.165, 1.54) is 19.2 Å². The number of methoxy groups -OCH3 is 1. The molecule has 0 fully saturated rings. The molecule has 1 aromatic rings. The minimum Gasteiger partial charge on any atom is -0.507 e. The molecular weight excluding hydrogens is 248 g/mol. The van der Waals surface area contributed by atoms with Crippen LogP contribution in [0.4, 0.5) is 0 Å². The first kappa shape index (κ1) is 14.8. The summed E-state index contributed by atoms with van der Waals surface area (Å²) >= 11 is 0. The second-order valence-corrected chi connectivity index (χ2v) is 4.06. The SMILES string of the molecule is COc1ccc(O)c(C(=O)NCCCCC(N)=O)c1. The molecule has 19 heavy (non-hydrogen) atoms. The Morgan fingerprint density at radius 2 is 2.11 bits per heavy atom. The van der Waals surface area contributed by atoms with Crippen LogP contribution in [-0.2, 0) is 4.79 Å². The Balaban J connectivity index is 2.47. The highest BCUT2D eigenvalue weighted by atomic mass is 16.5. The summed E-state index contributed by atoms with van der Waals surface area (Å²) in [6.07, 6.45) is 1.58.